The second kappa shape index (κ2) is 5.00. The highest BCUT2D eigenvalue weighted by Crippen LogP contribution is 2.23. The first-order valence-electron chi connectivity index (χ1n) is 5.44. The SMILES string of the molecule is CC(C)c1ncc(OC(C)(C)C)c(CCl)n1. The van der Waals surface area contributed by atoms with E-state index in [1.807, 2.05) is 20.8 Å². The number of hydrogen-bond donors (Lipinski definition) is 0. The molecular formula is C12H19ClN2O. The van der Waals surface area contributed by atoms with Crippen molar-refractivity contribution in [3.8, 4) is 5.75 Å². The molecule has 0 atom stereocenters. The van der Waals surface area contributed by atoms with Gasteiger partial charge in [0.25, 0.3) is 0 Å². The van der Waals surface area contributed by atoms with Crippen LogP contribution in [0.1, 0.15) is 52.1 Å². The molecule has 90 valence electrons. The van der Waals surface area contributed by atoms with Crippen LogP contribution >= 0.6 is 11.6 Å². The van der Waals surface area contributed by atoms with Crippen LogP contribution in [0.25, 0.3) is 0 Å². The molecule has 0 aliphatic rings. The van der Waals surface area contributed by atoms with Gasteiger partial charge in [0.1, 0.15) is 17.1 Å². The van der Waals surface area contributed by atoms with Gasteiger partial charge in [0.2, 0.25) is 0 Å². The highest BCUT2D eigenvalue weighted by Gasteiger charge is 2.16. The van der Waals surface area contributed by atoms with Crippen molar-refractivity contribution in [3.63, 3.8) is 0 Å². The molecule has 3 nitrogen and oxygen atoms in total. The maximum atomic E-state index is 5.87. The largest absolute Gasteiger partial charge is 0.485 e. The van der Waals surface area contributed by atoms with Crippen molar-refractivity contribution in [2.24, 2.45) is 0 Å². The molecule has 4 heteroatoms. The first-order chi connectivity index (χ1) is 7.33. The van der Waals surface area contributed by atoms with E-state index in [-0.39, 0.29) is 5.60 Å². The Hall–Kier alpha value is -0.830. The molecule has 1 aromatic rings. The lowest BCUT2D eigenvalue weighted by atomic mass is 10.2. The van der Waals surface area contributed by atoms with Crippen LogP contribution in [-0.4, -0.2) is 15.6 Å². The van der Waals surface area contributed by atoms with E-state index >= 15 is 0 Å². The molecule has 1 heterocycles. The van der Waals surface area contributed by atoms with E-state index < -0.39 is 0 Å². The third-order valence-electron chi connectivity index (χ3n) is 1.91. The lowest BCUT2D eigenvalue weighted by Gasteiger charge is -2.22. The third kappa shape index (κ3) is 3.63. The zero-order valence-corrected chi connectivity index (χ0v) is 11.3. The normalized spacial score (nSPS) is 11.9. The number of ether oxygens (including phenoxy) is 1. The molecule has 0 saturated heterocycles. The van der Waals surface area contributed by atoms with Crippen LogP contribution in [0, 0.1) is 0 Å². The van der Waals surface area contributed by atoms with Crippen LogP contribution in [0.5, 0.6) is 5.75 Å². The first-order valence-corrected chi connectivity index (χ1v) is 5.97. The highest BCUT2D eigenvalue weighted by atomic mass is 35.5. The Balaban J connectivity index is 3.02. The molecule has 0 unspecified atom stereocenters. The van der Waals surface area contributed by atoms with Gasteiger partial charge >= 0.3 is 0 Å². The highest BCUT2D eigenvalue weighted by molar-refractivity contribution is 6.17. The average molecular weight is 243 g/mol. The predicted molar refractivity (Wildman–Crippen MR) is 66.1 cm³/mol. The molecule has 0 aliphatic heterocycles. The summed E-state index contributed by atoms with van der Waals surface area (Å²) >= 11 is 5.87. The summed E-state index contributed by atoms with van der Waals surface area (Å²) in [6.07, 6.45) is 1.71. The van der Waals surface area contributed by atoms with Crippen LogP contribution in [0.15, 0.2) is 6.20 Å². The molecule has 0 aliphatic carbocycles. The Morgan fingerprint density at radius 2 is 2.00 bits per heavy atom. The first kappa shape index (κ1) is 13.2. The van der Waals surface area contributed by atoms with E-state index in [9.17, 15) is 0 Å². The predicted octanol–water partition coefficient (Wildman–Crippen LogP) is 3.52. The van der Waals surface area contributed by atoms with Gasteiger partial charge in [-0.15, -0.1) is 11.6 Å². The van der Waals surface area contributed by atoms with E-state index in [0.717, 1.165) is 11.5 Å². The fraction of sp³-hybridized carbons (Fsp3) is 0.667. The molecule has 0 spiro atoms. The topological polar surface area (TPSA) is 35.0 Å². The molecule has 0 N–H and O–H groups in total. The smallest absolute Gasteiger partial charge is 0.161 e. The van der Waals surface area contributed by atoms with E-state index in [4.69, 9.17) is 16.3 Å². The number of hydrogen-bond acceptors (Lipinski definition) is 3. The monoisotopic (exact) mass is 242 g/mol. The molecule has 1 aromatic heterocycles. The minimum Gasteiger partial charge on any atom is -0.485 e. The standard InChI is InChI=1S/C12H19ClN2O/c1-8(2)11-14-7-10(9(6-13)15-11)16-12(3,4)5/h7-8H,6H2,1-5H3. The Bertz CT molecular complexity index is 359. The second-order valence-corrected chi connectivity index (χ2v) is 5.31. The van der Waals surface area contributed by atoms with Crippen molar-refractivity contribution in [2.45, 2.75) is 52.0 Å². The fourth-order valence-electron chi connectivity index (χ4n) is 1.21. The summed E-state index contributed by atoms with van der Waals surface area (Å²) in [5, 5.41) is 0. The van der Waals surface area contributed by atoms with Gasteiger partial charge in [-0.2, -0.15) is 0 Å². The third-order valence-corrected chi connectivity index (χ3v) is 2.16. The van der Waals surface area contributed by atoms with Gasteiger partial charge in [-0.05, 0) is 20.8 Å². The molecule has 0 aromatic carbocycles. The van der Waals surface area contributed by atoms with E-state index in [1.165, 1.54) is 0 Å². The molecule has 0 radical (unpaired) electrons. The van der Waals surface area contributed by atoms with E-state index in [2.05, 4.69) is 23.8 Å². The Labute approximate surface area is 102 Å². The minimum atomic E-state index is -0.260. The lowest BCUT2D eigenvalue weighted by molar-refractivity contribution is 0.128. The van der Waals surface area contributed by atoms with Gasteiger partial charge in [-0.3, -0.25) is 0 Å². The Morgan fingerprint density at radius 3 is 2.44 bits per heavy atom. The quantitative estimate of drug-likeness (QED) is 0.761. The minimum absolute atomic E-state index is 0.260. The zero-order valence-electron chi connectivity index (χ0n) is 10.5. The summed E-state index contributed by atoms with van der Waals surface area (Å²) < 4.78 is 5.75. The van der Waals surface area contributed by atoms with Gasteiger partial charge in [-0.25, -0.2) is 9.97 Å². The van der Waals surface area contributed by atoms with Gasteiger partial charge in [0.05, 0.1) is 12.1 Å². The van der Waals surface area contributed by atoms with E-state index in [0.29, 0.717) is 17.5 Å². The number of rotatable bonds is 3. The summed E-state index contributed by atoms with van der Waals surface area (Å²) in [4.78, 5) is 8.68. The van der Waals surface area contributed by atoms with Crippen LogP contribution in [0.4, 0.5) is 0 Å². The maximum absolute atomic E-state index is 5.87. The summed E-state index contributed by atoms with van der Waals surface area (Å²) in [5.74, 6) is 2.11. The maximum Gasteiger partial charge on any atom is 0.161 e. The van der Waals surface area contributed by atoms with Crippen molar-refractivity contribution < 1.29 is 4.74 Å². The van der Waals surface area contributed by atoms with E-state index in [1.54, 1.807) is 6.20 Å². The number of aromatic nitrogens is 2. The summed E-state index contributed by atoms with van der Waals surface area (Å²) in [6, 6.07) is 0. The molecule has 0 amide bonds. The van der Waals surface area contributed by atoms with Gasteiger partial charge in [0.15, 0.2) is 5.75 Å². The summed E-state index contributed by atoms with van der Waals surface area (Å²) in [5.41, 5.74) is 0.499. The average Bonchev–Trinajstić information content (AvgIpc) is 2.15. The van der Waals surface area contributed by atoms with Crippen molar-refractivity contribution in [1.82, 2.24) is 9.97 Å². The second-order valence-electron chi connectivity index (χ2n) is 5.04. The summed E-state index contributed by atoms with van der Waals surface area (Å²) in [6.45, 7) is 10.1. The van der Waals surface area contributed by atoms with Crippen LogP contribution in [0.2, 0.25) is 0 Å². The molecule has 1 rings (SSSR count). The zero-order chi connectivity index (χ0) is 12.3. The summed E-state index contributed by atoms with van der Waals surface area (Å²) in [7, 11) is 0. The number of halogens is 1. The molecular weight excluding hydrogens is 224 g/mol. The Kier molecular flexibility index (Phi) is 4.14. The van der Waals surface area contributed by atoms with Crippen LogP contribution in [0.3, 0.4) is 0 Å². The van der Waals surface area contributed by atoms with Gasteiger partial charge in [0, 0.05) is 5.92 Å². The molecule has 0 saturated carbocycles. The van der Waals surface area contributed by atoms with Gasteiger partial charge < -0.3 is 4.74 Å². The van der Waals surface area contributed by atoms with Crippen molar-refractivity contribution in [1.29, 1.82) is 0 Å². The van der Waals surface area contributed by atoms with Crippen molar-refractivity contribution in [2.75, 3.05) is 0 Å². The Morgan fingerprint density at radius 1 is 1.38 bits per heavy atom. The number of nitrogens with zero attached hydrogens (tertiary/aromatic N) is 2. The van der Waals surface area contributed by atoms with Crippen molar-refractivity contribution in [3.05, 3.63) is 17.7 Å². The fourth-order valence-corrected chi connectivity index (χ4v) is 1.40. The van der Waals surface area contributed by atoms with Crippen LogP contribution < -0.4 is 4.74 Å². The van der Waals surface area contributed by atoms with Crippen LogP contribution in [-0.2, 0) is 5.88 Å². The molecule has 0 bridgehead atoms. The molecule has 16 heavy (non-hydrogen) atoms. The molecule has 0 fully saturated rings. The van der Waals surface area contributed by atoms with Gasteiger partial charge in [-0.1, -0.05) is 13.8 Å². The lowest BCUT2D eigenvalue weighted by Crippen LogP contribution is -2.24. The number of alkyl halides is 1. The van der Waals surface area contributed by atoms with Crippen molar-refractivity contribution >= 4 is 11.6 Å².